The highest BCUT2D eigenvalue weighted by Gasteiger charge is 2.28. The Morgan fingerprint density at radius 2 is 1.71 bits per heavy atom. The zero-order valence-electron chi connectivity index (χ0n) is 25.9. The molecule has 1 saturated carbocycles. The fraction of sp³-hybridized carbons (Fsp3) is 0.281. The monoisotopic (exact) mass is 755 g/mol. The molecule has 1 aliphatic rings. The lowest BCUT2D eigenvalue weighted by Crippen LogP contribution is -2.25. The molecule has 0 bridgehead atoms. The van der Waals surface area contributed by atoms with Crippen molar-refractivity contribution < 1.29 is 45.7 Å². The third-order valence-electron chi connectivity index (χ3n) is 7.26. The van der Waals surface area contributed by atoms with E-state index in [0.29, 0.717) is 27.2 Å². The van der Waals surface area contributed by atoms with Gasteiger partial charge in [0.05, 0.1) is 6.61 Å². The molecule has 0 unspecified atom stereocenters. The summed E-state index contributed by atoms with van der Waals surface area (Å²) in [6, 6.07) is 12.4. The maximum Gasteiger partial charge on any atom is 0.387 e. The number of hydrogen-bond donors (Lipinski definition) is 1. The smallest absolute Gasteiger partial charge is 0.387 e. The zero-order chi connectivity index (χ0) is 35.5. The largest absolute Gasteiger partial charge is 0.619 e. The van der Waals surface area contributed by atoms with Crippen LogP contribution in [0.25, 0.3) is 0 Å². The van der Waals surface area contributed by atoms with E-state index in [9.17, 15) is 32.0 Å². The minimum atomic E-state index is -4.14. The van der Waals surface area contributed by atoms with Gasteiger partial charge in [-0.05, 0) is 72.9 Å². The average molecular weight is 757 g/mol. The molecule has 1 amide bonds. The summed E-state index contributed by atoms with van der Waals surface area (Å²) in [5.74, 6) is -1.09. The molecule has 0 aliphatic heterocycles. The highest BCUT2D eigenvalue weighted by atomic mass is 35.5. The van der Waals surface area contributed by atoms with Crippen LogP contribution < -0.4 is 18.9 Å². The number of nitrogens with zero attached hydrogens (tertiary/aromatic N) is 2. The molecule has 1 aliphatic carbocycles. The first-order valence-electron chi connectivity index (χ1n) is 14.6. The van der Waals surface area contributed by atoms with Crippen molar-refractivity contribution in [1.82, 2.24) is 4.90 Å². The number of rotatable bonds is 14. The van der Waals surface area contributed by atoms with Gasteiger partial charge in [-0.2, -0.15) is 13.5 Å². The maximum atomic E-state index is 13.5. The molecule has 2 aromatic carbocycles. The van der Waals surface area contributed by atoms with E-state index in [-0.39, 0.29) is 66.7 Å². The summed E-state index contributed by atoms with van der Waals surface area (Å²) in [5, 5.41) is 11.8. The van der Waals surface area contributed by atoms with Gasteiger partial charge in [0, 0.05) is 37.3 Å². The molecule has 2 heterocycles. The summed E-state index contributed by atoms with van der Waals surface area (Å²) in [5.41, 5.74) is 1.13. The van der Waals surface area contributed by atoms with Crippen molar-refractivity contribution in [1.29, 1.82) is 0 Å². The molecule has 11 nitrogen and oxygen atoms in total. The molecule has 260 valence electrons. The first-order valence-corrected chi connectivity index (χ1v) is 17.7. The van der Waals surface area contributed by atoms with Crippen molar-refractivity contribution in [3.8, 4) is 11.5 Å². The first-order chi connectivity index (χ1) is 23.2. The number of esters is 1. The van der Waals surface area contributed by atoms with Crippen LogP contribution in [-0.4, -0.2) is 52.5 Å². The Hall–Kier alpha value is -4.18. The van der Waals surface area contributed by atoms with E-state index >= 15 is 0 Å². The number of nitrogens with one attached hydrogen (secondary N) is 1. The highest BCUT2D eigenvalue weighted by Crippen LogP contribution is 2.38. The summed E-state index contributed by atoms with van der Waals surface area (Å²) in [6.45, 7) is -2.85. The molecule has 5 rings (SSSR count). The van der Waals surface area contributed by atoms with Gasteiger partial charge in [0.25, 0.3) is 15.9 Å². The second-order valence-corrected chi connectivity index (χ2v) is 15.0. The van der Waals surface area contributed by atoms with E-state index < -0.39 is 28.7 Å². The van der Waals surface area contributed by atoms with Crippen LogP contribution in [0.4, 0.5) is 14.5 Å². The third-order valence-corrected chi connectivity index (χ3v) is 10.9. The standard InChI is InChI=1S/C32H29Cl2F2N3O8S2/c1-38(2)30(40)19-5-8-21(9-6-19)37-49(43,44)29-12-11-28(48-29)31(41)46-26(14-22-23(33)15-39(42)16-24(22)34)20-7-10-25(47-32(35)36)27(13-20)45-17-18-3-4-18/h5-13,15-16,18,26,32,37H,3-4,14,17H2,1-2H3/t26-/m0/s1. The van der Waals surface area contributed by atoms with Crippen LogP contribution >= 0.6 is 34.5 Å². The molecular formula is C32H29Cl2F2N3O8S2. The predicted molar refractivity (Wildman–Crippen MR) is 178 cm³/mol. The SMILES string of the molecule is CN(C)C(=O)c1ccc(NS(=O)(=O)c2ccc(C(=O)O[C@@H](Cc3c(Cl)c[n+]([O-])cc3Cl)c3ccc(OC(F)F)c(OCC4CC4)c3)s2)cc1. The number of amides is 1. The molecular weight excluding hydrogens is 727 g/mol. The highest BCUT2D eigenvalue weighted by molar-refractivity contribution is 7.94. The van der Waals surface area contributed by atoms with Crippen LogP contribution in [0.5, 0.6) is 11.5 Å². The van der Waals surface area contributed by atoms with Crippen LogP contribution in [0, 0.1) is 11.1 Å². The zero-order valence-corrected chi connectivity index (χ0v) is 29.0. The minimum Gasteiger partial charge on any atom is -0.619 e. The molecule has 0 saturated heterocycles. The van der Waals surface area contributed by atoms with Gasteiger partial charge in [-0.3, -0.25) is 9.52 Å². The van der Waals surface area contributed by atoms with Gasteiger partial charge < -0.3 is 24.3 Å². The molecule has 0 spiro atoms. The number of benzene rings is 2. The molecule has 2 aromatic heterocycles. The van der Waals surface area contributed by atoms with Crippen molar-refractivity contribution in [3.05, 3.63) is 104 Å². The molecule has 4 aromatic rings. The number of alkyl halides is 2. The van der Waals surface area contributed by atoms with Gasteiger partial charge in [0.2, 0.25) is 0 Å². The second kappa shape index (κ2) is 15.2. The van der Waals surface area contributed by atoms with Crippen LogP contribution in [0.2, 0.25) is 10.0 Å². The number of carbonyl (C=O) groups excluding carboxylic acids is 2. The lowest BCUT2D eigenvalue weighted by atomic mass is 10.0. The van der Waals surface area contributed by atoms with E-state index in [2.05, 4.69) is 9.46 Å². The Morgan fingerprint density at radius 1 is 1.04 bits per heavy atom. The van der Waals surface area contributed by atoms with E-state index in [1.807, 2.05) is 0 Å². The van der Waals surface area contributed by atoms with Crippen molar-refractivity contribution in [2.75, 3.05) is 25.4 Å². The number of hydrogen-bond acceptors (Lipinski definition) is 9. The Labute approximate surface area is 294 Å². The van der Waals surface area contributed by atoms with Crippen LogP contribution in [0.1, 0.15) is 50.1 Å². The summed E-state index contributed by atoms with van der Waals surface area (Å²) in [7, 11) is -0.951. The van der Waals surface area contributed by atoms with Gasteiger partial charge in [0.1, 0.15) is 25.2 Å². The Kier molecular flexibility index (Phi) is 11.2. The fourth-order valence-corrected chi connectivity index (χ4v) is 7.41. The number of ether oxygens (including phenoxy) is 3. The molecule has 1 atom stereocenters. The topological polar surface area (TPSA) is 138 Å². The number of sulfonamides is 1. The third kappa shape index (κ3) is 9.29. The number of aromatic nitrogens is 1. The van der Waals surface area contributed by atoms with Crippen molar-refractivity contribution in [3.63, 3.8) is 0 Å². The van der Waals surface area contributed by atoms with Crippen LogP contribution in [0.3, 0.4) is 0 Å². The summed E-state index contributed by atoms with van der Waals surface area (Å²) in [6.07, 6.45) is 2.72. The quantitative estimate of drug-likeness (QED) is 0.0851. The van der Waals surface area contributed by atoms with Gasteiger partial charge >= 0.3 is 12.6 Å². The van der Waals surface area contributed by atoms with Gasteiger partial charge in [0.15, 0.2) is 23.9 Å². The minimum absolute atomic E-state index is 0.00287. The number of pyridine rings is 1. The van der Waals surface area contributed by atoms with E-state index in [0.717, 1.165) is 25.2 Å². The van der Waals surface area contributed by atoms with Gasteiger partial charge in [-0.1, -0.05) is 29.3 Å². The molecule has 17 heteroatoms. The van der Waals surface area contributed by atoms with E-state index in [4.69, 9.17) is 32.7 Å². The molecule has 49 heavy (non-hydrogen) atoms. The number of thiophene rings is 1. The number of anilines is 1. The Bertz CT molecular complexity index is 1930. The Morgan fingerprint density at radius 3 is 2.33 bits per heavy atom. The summed E-state index contributed by atoms with van der Waals surface area (Å²) >= 11 is 13.3. The summed E-state index contributed by atoms with van der Waals surface area (Å²) < 4.78 is 71.5. The van der Waals surface area contributed by atoms with Crippen LogP contribution in [-0.2, 0) is 21.2 Å². The van der Waals surface area contributed by atoms with Crippen molar-refractivity contribution in [2.24, 2.45) is 5.92 Å². The number of carbonyl (C=O) groups is 2. The lowest BCUT2D eigenvalue weighted by molar-refractivity contribution is -0.605. The summed E-state index contributed by atoms with van der Waals surface area (Å²) in [4.78, 5) is 27.0. The average Bonchev–Trinajstić information content (AvgIpc) is 3.72. The first kappa shape index (κ1) is 36.1. The fourth-order valence-electron chi connectivity index (χ4n) is 4.57. The van der Waals surface area contributed by atoms with E-state index in [1.54, 1.807) is 14.1 Å². The van der Waals surface area contributed by atoms with Crippen molar-refractivity contribution in [2.45, 2.75) is 36.2 Å². The van der Waals surface area contributed by atoms with Gasteiger partial charge in [-0.15, -0.1) is 11.3 Å². The molecule has 0 radical (unpaired) electrons. The predicted octanol–water partition coefficient (Wildman–Crippen LogP) is 6.72. The molecule has 1 fully saturated rings. The Balaban J connectivity index is 1.40. The van der Waals surface area contributed by atoms with Crippen molar-refractivity contribution >= 4 is 62.1 Å². The van der Waals surface area contributed by atoms with Crippen LogP contribution in [0.15, 0.2) is 71.2 Å². The van der Waals surface area contributed by atoms with Gasteiger partial charge in [-0.25, -0.2) is 13.2 Å². The second-order valence-electron chi connectivity index (χ2n) is 11.2. The maximum absolute atomic E-state index is 13.5. The molecule has 1 N–H and O–H groups in total. The lowest BCUT2D eigenvalue weighted by Gasteiger charge is -2.21. The van der Waals surface area contributed by atoms with E-state index in [1.165, 1.54) is 59.5 Å². The normalized spacial score (nSPS) is 13.5. The number of halogens is 4.